The van der Waals surface area contributed by atoms with E-state index < -0.39 is 0 Å². The van der Waals surface area contributed by atoms with Crippen LogP contribution in [0.2, 0.25) is 0 Å². The highest BCUT2D eigenvalue weighted by Crippen LogP contribution is 2.24. The van der Waals surface area contributed by atoms with E-state index in [2.05, 4.69) is 18.3 Å². The molecule has 0 fully saturated rings. The number of hydrogen-bond donors (Lipinski definition) is 1. The van der Waals surface area contributed by atoms with E-state index in [1.54, 1.807) is 12.1 Å². The zero-order valence-electron chi connectivity index (χ0n) is 12.8. The number of benzene rings is 1. The average molecular weight is 277 g/mol. The first kappa shape index (κ1) is 16.5. The third-order valence-electron chi connectivity index (χ3n) is 3.60. The van der Waals surface area contributed by atoms with Crippen LogP contribution in [0.4, 0.5) is 10.1 Å². The van der Waals surface area contributed by atoms with Gasteiger partial charge in [0.25, 0.3) is 0 Å². The maximum absolute atomic E-state index is 14.2. The zero-order valence-corrected chi connectivity index (χ0v) is 12.8. The van der Waals surface area contributed by atoms with Crippen LogP contribution in [-0.4, -0.2) is 19.6 Å². The molecule has 2 unspecified atom stereocenters. The van der Waals surface area contributed by atoms with Gasteiger partial charge in [-0.05, 0) is 44.5 Å². The van der Waals surface area contributed by atoms with Crippen molar-refractivity contribution in [2.75, 3.05) is 18.5 Å². The van der Waals surface area contributed by atoms with Crippen molar-refractivity contribution in [3.63, 3.8) is 0 Å². The summed E-state index contributed by atoms with van der Waals surface area (Å²) in [4.78, 5) is 1.81. The Bertz CT molecular complexity index is 467. The fraction of sp³-hybridized carbons (Fsp3) is 0.562. The molecular formula is C16H24FN3. The molecule has 3 nitrogen and oxygen atoms in total. The Morgan fingerprint density at radius 2 is 2.10 bits per heavy atom. The smallest absolute Gasteiger partial charge is 0.146 e. The summed E-state index contributed by atoms with van der Waals surface area (Å²) < 4.78 is 14.2. The average Bonchev–Trinajstić information content (AvgIpc) is 2.44. The van der Waals surface area contributed by atoms with Gasteiger partial charge in [-0.2, -0.15) is 5.26 Å². The van der Waals surface area contributed by atoms with Crippen molar-refractivity contribution in [1.82, 2.24) is 5.32 Å². The predicted octanol–water partition coefficient (Wildman–Crippen LogP) is 3.62. The molecule has 4 heteroatoms. The van der Waals surface area contributed by atoms with Gasteiger partial charge in [0.15, 0.2) is 0 Å². The number of halogens is 1. The molecule has 20 heavy (non-hydrogen) atoms. The van der Waals surface area contributed by atoms with Gasteiger partial charge in [0.05, 0.1) is 18.2 Å². The number of anilines is 1. The van der Waals surface area contributed by atoms with Crippen LogP contribution in [0.5, 0.6) is 0 Å². The van der Waals surface area contributed by atoms with Gasteiger partial charge in [-0.3, -0.25) is 0 Å². The van der Waals surface area contributed by atoms with Crippen molar-refractivity contribution in [3.8, 4) is 6.07 Å². The van der Waals surface area contributed by atoms with Crippen LogP contribution in [0.1, 0.15) is 45.2 Å². The molecule has 1 aromatic rings. The van der Waals surface area contributed by atoms with E-state index in [0.717, 1.165) is 18.5 Å². The molecular weight excluding hydrogens is 253 g/mol. The highest BCUT2D eigenvalue weighted by molar-refractivity contribution is 5.49. The molecule has 1 rings (SSSR count). The first-order valence-electron chi connectivity index (χ1n) is 7.13. The summed E-state index contributed by atoms with van der Waals surface area (Å²) in [5.41, 5.74) is 1.49. The lowest BCUT2D eigenvalue weighted by atomic mass is 10.1. The van der Waals surface area contributed by atoms with Gasteiger partial charge in [0.1, 0.15) is 5.82 Å². The molecule has 0 amide bonds. The van der Waals surface area contributed by atoms with E-state index in [-0.39, 0.29) is 17.9 Å². The third kappa shape index (κ3) is 4.21. The second-order valence-electron chi connectivity index (χ2n) is 5.21. The molecule has 0 aliphatic heterocycles. The Hall–Kier alpha value is -1.60. The van der Waals surface area contributed by atoms with E-state index in [1.807, 2.05) is 31.9 Å². The molecule has 1 aromatic carbocycles. The fourth-order valence-corrected chi connectivity index (χ4v) is 2.06. The lowest BCUT2D eigenvalue weighted by Gasteiger charge is -2.26. The molecule has 0 bridgehead atoms. The number of nitriles is 1. The highest BCUT2D eigenvalue weighted by atomic mass is 19.1. The number of nitrogens with zero attached hydrogens (tertiary/aromatic N) is 2. The van der Waals surface area contributed by atoms with Crippen molar-refractivity contribution >= 4 is 5.69 Å². The Kier molecular flexibility index (Phi) is 6.47. The summed E-state index contributed by atoms with van der Waals surface area (Å²) >= 11 is 0. The van der Waals surface area contributed by atoms with Crippen molar-refractivity contribution in [1.29, 1.82) is 5.26 Å². The van der Waals surface area contributed by atoms with E-state index >= 15 is 0 Å². The molecule has 0 radical (unpaired) electrons. The predicted molar refractivity (Wildman–Crippen MR) is 81.2 cm³/mol. The van der Waals surface area contributed by atoms with Gasteiger partial charge in [0.2, 0.25) is 0 Å². The third-order valence-corrected chi connectivity index (χ3v) is 3.60. The second kappa shape index (κ2) is 7.86. The lowest BCUT2D eigenvalue weighted by Crippen LogP contribution is -2.29. The summed E-state index contributed by atoms with van der Waals surface area (Å²) in [6, 6.07) is 7.57. The highest BCUT2D eigenvalue weighted by Gasteiger charge is 2.15. The molecule has 110 valence electrons. The van der Waals surface area contributed by atoms with Crippen molar-refractivity contribution in [2.24, 2.45) is 0 Å². The van der Waals surface area contributed by atoms with Crippen molar-refractivity contribution < 1.29 is 4.39 Å². The van der Waals surface area contributed by atoms with Crippen LogP contribution in [0.15, 0.2) is 18.2 Å². The summed E-state index contributed by atoms with van der Waals surface area (Å²) in [5, 5.41) is 12.1. The Morgan fingerprint density at radius 3 is 2.65 bits per heavy atom. The molecule has 0 aliphatic rings. The van der Waals surface area contributed by atoms with Gasteiger partial charge < -0.3 is 10.2 Å². The minimum atomic E-state index is -0.236. The van der Waals surface area contributed by atoms with Crippen LogP contribution < -0.4 is 10.2 Å². The number of nitrogens with one attached hydrogen (secondary N) is 1. The Labute approximate surface area is 121 Å². The van der Waals surface area contributed by atoms with Crippen LogP contribution in [0.3, 0.4) is 0 Å². The summed E-state index contributed by atoms with van der Waals surface area (Å²) in [5.74, 6) is -0.236. The first-order valence-corrected chi connectivity index (χ1v) is 7.13. The quantitative estimate of drug-likeness (QED) is 0.827. The molecule has 0 spiro atoms. The van der Waals surface area contributed by atoms with Crippen molar-refractivity contribution in [2.45, 2.75) is 45.7 Å². The molecule has 0 saturated carbocycles. The minimum Gasteiger partial charge on any atom is -0.368 e. The Balaban J connectivity index is 2.85. The van der Waals surface area contributed by atoms with Gasteiger partial charge in [-0.25, -0.2) is 4.39 Å². The normalized spacial score (nSPS) is 13.6. The summed E-state index contributed by atoms with van der Waals surface area (Å²) in [7, 11) is 1.82. The Morgan fingerprint density at radius 1 is 1.40 bits per heavy atom. The lowest BCUT2D eigenvalue weighted by molar-refractivity contribution is 0.560. The summed E-state index contributed by atoms with van der Waals surface area (Å²) in [6.45, 7) is 6.98. The maximum atomic E-state index is 14.2. The second-order valence-corrected chi connectivity index (χ2v) is 5.21. The molecule has 0 saturated heterocycles. The largest absolute Gasteiger partial charge is 0.368 e. The number of rotatable bonds is 7. The van der Waals surface area contributed by atoms with Crippen LogP contribution in [0, 0.1) is 17.1 Å². The van der Waals surface area contributed by atoms with Gasteiger partial charge in [-0.1, -0.05) is 13.0 Å². The fourth-order valence-electron chi connectivity index (χ4n) is 2.06. The summed E-state index contributed by atoms with van der Waals surface area (Å²) in [6.07, 6.45) is 1.44. The molecule has 2 atom stereocenters. The molecule has 0 aliphatic carbocycles. The first-order chi connectivity index (χ1) is 9.51. The number of hydrogen-bond acceptors (Lipinski definition) is 3. The topological polar surface area (TPSA) is 39.1 Å². The van der Waals surface area contributed by atoms with E-state index in [0.29, 0.717) is 12.1 Å². The zero-order chi connectivity index (χ0) is 15.1. The minimum absolute atomic E-state index is 0.00371. The molecule has 0 aromatic heterocycles. The van der Waals surface area contributed by atoms with Crippen LogP contribution in [-0.2, 0) is 0 Å². The SMILES string of the molecule is CCCNC(C)c1ccc(N(C)C(C)CC#N)c(F)c1. The van der Waals surface area contributed by atoms with E-state index in [4.69, 9.17) is 5.26 Å². The monoisotopic (exact) mass is 277 g/mol. The maximum Gasteiger partial charge on any atom is 0.146 e. The standard InChI is InChI=1S/C16H24FN3/c1-5-10-19-13(3)14-6-7-16(15(17)11-14)20(4)12(2)8-9-18/h6-7,11-13,19H,5,8,10H2,1-4H3. The molecule has 0 heterocycles. The van der Waals surface area contributed by atoms with Crippen molar-refractivity contribution in [3.05, 3.63) is 29.6 Å². The van der Waals surface area contributed by atoms with E-state index in [9.17, 15) is 4.39 Å². The van der Waals surface area contributed by atoms with Gasteiger partial charge in [0, 0.05) is 19.1 Å². The van der Waals surface area contributed by atoms with E-state index in [1.165, 1.54) is 0 Å². The molecule has 1 N–H and O–H groups in total. The van der Waals surface area contributed by atoms with Crippen LogP contribution >= 0.6 is 0 Å². The van der Waals surface area contributed by atoms with Gasteiger partial charge >= 0.3 is 0 Å². The van der Waals surface area contributed by atoms with Gasteiger partial charge in [-0.15, -0.1) is 0 Å². The van der Waals surface area contributed by atoms with Crippen LogP contribution in [0.25, 0.3) is 0 Å².